The third-order valence-electron chi connectivity index (χ3n) is 3.05. The highest BCUT2D eigenvalue weighted by molar-refractivity contribution is 9.10. The van der Waals surface area contributed by atoms with Crippen molar-refractivity contribution in [2.45, 2.75) is 6.92 Å². The molecular weight excluding hydrogens is 376 g/mol. The summed E-state index contributed by atoms with van der Waals surface area (Å²) in [6.07, 6.45) is 1.54. The van der Waals surface area contributed by atoms with E-state index in [1.165, 1.54) is 18.1 Å². The van der Waals surface area contributed by atoms with Crippen molar-refractivity contribution in [1.29, 1.82) is 0 Å². The molecule has 0 saturated heterocycles. The van der Waals surface area contributed by atoms with Crippen molar-refractivity contribution in [3.8, 4) is 11.6 Å². The number of hydrogen-bond donors (Lipinski definition) is 0. The molecule has 6 nitrogen and oxygen atoms in total. The molecule has 0 aliphatic heterocycles. The van der Waals surface area contributed by atoms with Gasteiger partial charge in [-0.05, 0) is 43.3 Å². The number of rotatable bonds is 6. The van der Waals surface area contributed by atoms with Gasteiger partial charge < -0.3 is 14.4 Å². The van der Waals surface area contributed by atoms with Gasteiger partial charge in [0.15, 0.2) is 0 Å². The molecule has 7 heteroatoms. The van der Waals surface area contributed by atoms with Crippen LogP contribution in [0.15, 0.2) is 47.1 Å². The molecule has 0 N–H and O–H groups in total. The summed E-state index contributed by atoms with van der Waals surface area (Å²) >= 11 is 3.35. The van der Waals surface area contributed by atoms with Crippen LogP contribution in [0.2, 0.25) is 0 Å². The minimum atomic E-state index is -0.465. The van der Waals surface area contributed by atoms with Gasteiger partial charge >= 0.3 is 5.97 Å². The van der Waals surface area contributed by atoms with Gasteiger partial charge in [0.2, 0.25) is 5.88 Å². The molecule has 1 aromatic heterocycles. The van der Waals surface area contributed by atoms with Crippen molar-refractivity contribution in [3.63, 3.8) is 0 Å². The molecule has 24 heavy (non-hydrogen) atoms. The van der Waals surface area contributed by atoms with Gasteiger partial charge in [-0.15, -0.1) is 0 Å². The number of likely N-dealkylation sites (N-methyl/N-ethyl adjacent to an activating group) is 1. The lowest BCUT2D eigenvalue weighted by molar-refractivity contribution is -0.143. The van der Waals surface area contributed by atoms with Gasteiger partial charge in [-0.3, -0.25) is 9.59 Å². The quantitative estimate of drug-likeness (QED) is 0.705. The molecule has 2 rings (SSSR count). The van der Waals surface area contributed by atoms with Crippen LogP contribution >= 0.6 is 15.9 Å². The van der Waals surface area contributed by atoms with Gasteiger partial charge in [-0.1, -0.05) is 15.9 Å². The Morgan fingerprint density at radius 3 is 2.58 bits per heavy atom. The number of pyridine rings is 1. The van der Waals surface area contributed by atoms with Crippen LogP contribution < -0.4 is 4.74 Å². The van der Waals surface area contributed by atoms with E-state index < -0.39 is 5.97 Å². The van der Waals surface area contributed by atoms with Crippen LogP contribution in [0.25, 0.3) is 0 Å². The molecule has 0 aliphatic carbocycles. The number of amides is 1. The van der Waals surface area contributed by atoms with Crippen LogP contribution in [0.3, 0.4) is 0 Å². The molecule has 1 aromatic carbocycles. The zero-order valence-electron chi connectivity index (χ0n) is 13.4. The number of nitrogens with zero attached hydrogens (tertiary/aromatic N) is 2. The van der Waals surface area contributed by atoms with E-state index in [1.54, 1.807) is 31.2 Å². The van der Waals surface area contributed by atoms with Crippen molar-refractivity contribution in [2.75, 3.05) is 20.2 Å². The lowest BCUT2D eigenvalue weighted by atomic mass is 10.2. The van der Waals surface area contributed by atoms with Crippen LogP contribution in [0.4, 0.5) is 0 Å². The first-order valence-corrected chi connectivity index (χ1v) is 8.10. The lowest BCUT2D eigenvalue weighted by Crippen LogP contribution is -2.33. The third-order valence-corrected chi connectivity index (χ3v) is 3.58. The van der Waals surface area contributed by atoms with E-state index in [-0.39, 0.29) is 30.5 Å². The molecule has 126 valence electrons. The van der Waals surface area contributed by atoms with Crippen molar-refractivity contribution in [1.82, 2.24) is 9.88 Å². The number of halogens is 1. The summed E-state index contributed by atoms with van der Waals surface area (Å²) in [5, 5.41) is 0. The summed E-state index contributed by atoms with van der Waals surface area (Å²) in [5.74, 6) is -0.101. The molecule has 0 unspecified atom stereocenters. The average Bonchev–Trinajstić information content (AvgIpc) is 2.57. The standard InChI is InChI=1S/C17H17BrN2O4/c1-3-23-15(21)11-20(2)17(22)14-5-4-10-19-16(14)24-13-8-6-12(18)7-9-13/h4-10H,3,11H2,1-2H3. The molecule has 0 saturated carbocycles. The Kier molecular flexibility index (Phi) is 6.31. The molecule has 0 atom stereocenters. The monoisotopic (exact) mass is 392 g/mol. The first kappa shape index (κ1) is 17.9. The second-order valence-corrected chi connectivity index (χ2v) is 5.79. The number of benzene rings is 1. The van der Waals surface area contributed by atoms with E-state index in [2.05, 4.69) is 20.9 Å². The smallest absolute Gasteiger partial charge is 0.325 e. The maximum atomic E-state index is 12.5. The van der Waals surface area contributed by atoms with Gasteiger partial charge in [0.25, 0.3) is 5.91 Å². The van der Waals surface area contributed by atoms with Crippen LogP contribution in [0.5, 0.6) is 11.6 Å². The van der Waals surface area contributed by atoms with E-state index in [1.807, 2.05) is 12.1 Å². The molecule has 0 radical (unpaired) electrons. The van der Waals surface area contributed by atoms with Crippen LogP contribution in [-0.2, 0) is 9.53 Å². The zero-order valence-corrected chi connectivity index (χ0v) is 14.9. The Morgan fingerprint density at radius 1 is 1.21 bits per heavy atom. The Labute approximate surface area is 148 Å². The van der Waals surface area contributed by atoms with Crippen LogP contribution in [-0.4, -0.2) is 42.0 Å². The zero-order chi connectivity index (χ0) is 17.5. The van der Waals surface area contributed by atoms with E-state index in [0.717, 1.165) is 4.47 Å². The number of hydrogen-bond acceptors (Lipinski definition) is 5. The molecular formula is C17H17BrN2O4. The second-order valence-electron chi connectivity index (χ2n) is 4.88. The van der Waals surface area contributed by atoms with Crippen molar-refractivity contribution in [2.24, 2.45) is 0 Å². The maximum absolute atomic E-state index is 12.5. The van der Waals surface area contributed by atoms with Crippen LogP contribution in [0, 0.1) is 0 Å². The highest BCUT2D eigenvalue weighted by Crippen LogP contribution is 2.25. The van der Waals surface area contributed by atoms with E-state index >= 15 is 0 Å². The summed E-state index contributed by atoms with van der Waals surface area (Å²) in [6.45, 7) is 1.84. The fourth-order valence-corrected chi connectivity index (χ4v) is 2.19. The second kappa shape index (κ2) is 8.44. The summed E-state index contributed by atoms with van der Waals surface area (Å²) in [7, 11) is 1.52. The highest BCUT2D eigenvalue weighted by Gasteiger charge is 2.20. The predicted octanol–water partition coefficient (Wildman–Crippen LogP) is 3.27. The molecule has 0 fully saturated rings. The fraction of sp³-hybridized carbons (Fsp3) is 0.235. The Balaban J connectivity index is 2.16. The van der Waals surface area contributed by atoms with Crippen LogP contribution in [0.1, 0.15) is 17.3 Å². The molecule has 1 heterocycles. The number of aromatic nitrogens is 1. The largest absolute Gasteiger partial charge is 0.465 e. The van der Waals surface area contributed by atoms with Crippen molar-refractivity contribution in [3.05, 3.63) is 52.6 Å². The molecule has 0 bridgehead atoms. The minimum absolute atomic E-state index is 0.140. The number of esters is 1. The van der Waals surface area contributed by atoms with E-state index in [4.69, 9.17) is 9.47 Å². The van der Waals surface area contributed by atoms with Crippen molar-refractivity contribution >= 4 is 27.8 Å². The summed E-state index contributed by atoms with van der Waals surface area (Å²) < 4.78 is 11.5. The van der Waals surface area contributed by atoms with Gasteiger partial charge in [0, 0.05) is 17.7 Å². The minimum Gasteiger partial charge on any atom is -0.465 e. The maximum Gasteiger partial charge on any atom is 0.325 e. The Morgan fingerprint density at radius 2 is 1.92 bits per heavy atom. The first-order valence-electron chi connectivity index (χ1n) is 7.30. The van der Waals surface area contributed by atoms with Gasteiger partial charge in [0.05, 0.1) is 6.61 Å². The Hall–Kier alpha value is -2.41. The van der Waals surface area contributed by atoms with Gasteiger partial charge in [-0.2, -0.15) is 0 Å². The third kappa shape index (κ3) is 4.79. The summed E-state index contributed by atoms with van der Waals surface area (Å²) in [4.78, 5) is 29.5. The first-order chi connectivity index (χ1) is 11.5. The summed E-state index contributed by atoms with van der Waals surface area (Å²) in [6, 6.07) is 10.4. The molecule has 1 amide bonds. The summed E-state index contributed by atoms with van der Waals surface area (Å²) in [5.41, 5.74) is 0.271. The fourth-order valence-electron chi connectivity index (χ4n) is 1.93. The number of carbonyl (C=O) groups excluding carboxylic acids is 2. The average molecular weight is 393 g/mol. The molecule has 2 aromatic rings. The lowest BCUT2D eigenvalue weighted by Gasteiger charge is -2.17. The Bertz CT molecular complexity index is 719. The van der Waals surface area contributed by atoms with E-state index in [0.29, 0.717) is 5.75 Å². The topological polar surface area (TPSA) is 68.7 Å². The molecule has 0 aliphatic rings. The van der Waals surface area contributed by atoms with E-state index in [9.17, 15) is 9.59 Å². The molecule has 0 spiro atoms. The predicted molar refractivity (Wildman–Crippen MR) is 92.0 cm³/mol. The van der Waals surface area contributed by atoms with Gasteiger partial charge in [-0.25, -0.2) is 4.98 Å². The highest BCUT2D eigenvalue weighted by atomic mass is 79.9. The van der Waals surface area contributed by atoms with Gasteiger partial charge in [0.1, 0.15) is 17.9 Å². The number of carbonyl (C=O) groups is 2. The SMILES string of the molecule is CCOC(=O)CN(C)C(=O)c1cccnc1Oc1ccc(Br)cc1. The van der Waals surface area contributed by atoms with Crippen molar-refractivity contribution < 1.29 is 19.1 Å². The number of ether oxygens (including phenoxy) is 2. The normalized spacial score (nSPS) is 10.1.